The molecule has 3 nitrogen and oxygen atoms in total. The van der Waals surface area contributed by atoms with Gasteiger partial charge in [-0.05, 0) is 24.0 Å². The first-order valence-corrected chi connectivity index (χ1v) is 2.25. The van der Waals surface area contributed by atoms with Crippen molar-refractivity contribution in [3.8, 4) is 0 Å². The van der Waals surface area contributed by atoms with E-state index in [0.717, 1.165) is 0 Å². The molecule has 0 atom stereocenters. The molecule has 0 saturated heterocycles. The van der Waals surface area contributed by atoms with E-state index < -0.39 is 0 Å². The molecular formula is C5H10N2O. The molecule has 0 fully saturated rings. The second-order valence-electron chi connectivity index (χ2n) is 1.26. The Bertz CT molecular complexity index is 104. The molecule has 0 aliphatic rings. The van der Waals surface area contributed by atoms with Gasteiger partial charge in [0, 0.05) is 0 Å². The third-order valence-electron chi connectivity index (χ3n) is 0.707. The van der Waals surface area contributed by atoms with Gasteiger partial charge < -0.3 is 16.6 Å². The summed E-state index contributed by atoms with van der Waals surface area (Å²) in [4.78, 5) is 0. The summed E-state index contributed by atoms with van der Waals surface area (Å²) in [5.74, 6) is 0. The molecule has 0 aromatic carbocycles. The molecule has 0 spiro atoms. The number of nitrogens with two attached hydrogens (primary N) is 2. The van der Waals surface area contributed by atoms with Crippen LogP contribution in [0.3, 0.4) is 0 Å². The zero-order valence-corrected chi connectivity index (χ0v) is 4.54. The van der Waals surface area contributed by atoms with Crippen LogP contribution in [0.4, 0.5) is 0 Å². The van der Waals surface area contributed by atoms with Gasteiger partial charge in [-0.3, -0.25) is 0 Å². The van der Waals surface area contributed by atoms with Gasteiger partial charge in [0.1, 0.15) is 0 Å². The third kappa shape index (κ3) is 2.25. The molecule has 5 N–H and O–H groups in total. The van der Waals surface area contributed by atoms with E-state index in [1.807, 2.05) is 0 Å². The lowest BCUT2D eigenvalue weighted by Gasteiger charge is -1.89. The van der Waals surface area contributed by atoms with Crippen LogP contribution in [0.2, 0.25) is 0 Å². The molecule has 3 heteroatoms. The summed E-state index contributed by atoms with van der Waals surface area (Å²) in [5.41, 5.74) is 10.7. The molecule has 8 heavy (non-hydrogen) atoms. The van der Waals surface area contributed by atoms with Crippen LogP contribution in [-0.4, -0.2) is 11.7 Å². The van der Waals surface area contributed by atoms with Gasteiger partial charge >= 0.3 is 0 Å². The first kappa shape index (κ1) is 7.04. The fourth-order valence-corrected chi connectivity index (χ4v) is 0.285. The van der Waals surface area contributed by atoms with Crippen molar-refractivity contribution >= 4 is 0 Å². The van der Waals surface area contributed by atoms with Crippen molar-refractivity contribution in [3.63, 3.8) is 0 Å². The summed E-state index contributed by atoms with van der Waals surface area (Å²) in [7, 11) is 0. The predicted molar refractivity (Wildman–Crippen MR) is 32.7 cm³/mol. The molecule has 0 aliphatic carbocycles. The van der Waals surface area contributed by atoms with Crippen molar-refractivity contribution < 1.29 is 5.11 Å². The molecule has 0 saturated carbocycles. The second kappa shape index (κ2) is 4.21. The molecule has 46 valence electrons. The summed E-state index contributed by atoms with van der Waals surface area (Å²) in [6.45, 7) is -0.0653. The lowest BCUT2D eigenvalue weighted by atomic mass is 10.3. The standard InChI is InChI=1S/C5H10N2O/c6-2-1-5(3-7)4-8/h1-3,8H,4,6-7H2/b2-1-,5-3+. The highest BCUT2D eigenvalue weighted by Crippen LogP contribution is 1.88. The van der Waals surface area contributed by atoms with Crippen molar-refractivity contribution in [1.82, 2.24) is 0 Å². The van der Waals surface area contributed by atoms with Gasteiger partial charge in [-0.25, -0.2) is 0 Å². The molecule has 0 aromatic heterocycles. The highest BCUT2D eigenvalue weighted by atomic mass is 16.3. The maximum Gasteiger partial charge on any atom is 0.0696 e. The van der Waals surface area contributed by atoms with E-state index >= 15 is 0 Å². The van der Waals surface area contributed by atoms with Crippen LogP contribution in [0.1, 0.15) is 0 Å². The fraction of sp³-hybridized carbons (Fsp3) is 0.200. The summed E-state index contributed by atoms with van der Waals surface area (Å²) < 4.78 is 0. The highest BCUT2D eigenvalue weighted by molar-refractivity contribution is 5.16. The van der Waals surface area contributed by atoms with E-state index in [9.17, 15) is 0 Å². The first-order valence-electron chi connectivity index (χ1n) is 2.25. The maximum atomic E-state index is 8.40. The first-order chi connectivity index (χ1) is 3.85. The molecular weight excluding hydrogens is 104 g/mol. The number of aliphatic hydroxyl groups excluding tert-OH is 1. The monoisotopic (exact) mass is 114 g/mol. The summed E-state index contributed by atoms with van der Waals surface area (Å²) >= 11 is 0. The molecule has 0 amide bonds. The number of hydrogen-bond donors (Lipinski definition) is 3. The second-order valence-corrected chi connectivity index (χ2v) is 1.26. The minimum absolute atomic E-state index is 0.0653. The molecule has 0 unspecified atom stereocenters. The van der Waals surface area contributed by atoms with E-state index in [4.69, 9.17) is 16.6 Å². The average molecular weight is 114 g/mol. The van der Waals surface area contributed by atoms with Gasteiger partial charge in [-0.15, -0.1) is 0 Å². The van der Waals surface area contributed by atoms with Crippen LogP contribution in [0.25, 0.3) is 0 Å². The van der Waals surface area contributed by atoms with Gasteiger partial charge in [-0.2, -0.15) is 0 Å². The largest absolute Gasteiger partial charge is 0.405 e. The van der Waals surface area contributed by atoms with Crippen molar-refractivity contribution in [3.05, 3.63) is 24.0 Å². The van der Waals surface area contributed by atoms with Crippen LogP contribution < -0.4 is 11.5 Å². The van der Waals surface area contributed by atoms with Gasteiger partial charge in [0.25, 0.3) is 0 Å². The Morgan fingerprint density at radius 3 is 2.25 bits per heavy atom. The number of rotatable bonds is 2. The number of hydrogen-bond acceptors (Lipinski definition) is 3. The maximum absolute atomic E-state index is 8.40. The Morgan fingerprint density at radius 2 is 2.12 bits per heavy atom. The molecule has 0 aliphatic heterocycles. The number of aliphatic hydroxyl groups is 1. The molecule has 0 aromatic rings. The topological polar surface area (TPSA) is 72.3 Å². The minimum Gasteiger partial charge on any atom is -0.405 e. The van der Waals surface area contributed by atoms with E-state index in [-0.39, 0.29) is 6.61 Å². The Balaban J connectivity index is 3.72. The Kier molecular flexibility index (Phi) is 3.70. The molecule has 0 rings (SSSR count). The summed E-state index contributed by atoms with van der Waals surface area (Å²) in [6, 6.07) is 0. The Hall–Kier alpha value is -0.960. The van der Waals surface area contributed by atoms with E-state index in [1.165, 1.54) is 12.4 Å². The van der Waals surface area contributed by atoms with Crippen molar-refractivity contribution in [1.29, 1.82) is 0 Å². The lowest BCUT2D eigenvalue weighted by Crippen LogP contribution is -1.92. The van der Waals surface area contributed by atoms with Crippen LogP contribution in [0.15, 0.2) is 24.0 Å². The van der Waals surface area contributed by atoms with Crippen LogP contribution in [0.5, 0.6) is 0 Å². The van der Waals surface area contributed by atoms with Crippen molar-refractivity contribution in [2.45, 2.75) is 0 Å². The molecule has 0 radical (unpaired) electrons. The van der Waals surface area contributed by atoms with E-state index in [2.05, 4.69) is 0 Å². The van der Waals surface area contributed by atoms with Crippen molar-refractivity contribution in [2.75, 3.05) is 6.61 Å². The smallest absolute Gasteiger partial charge is 0.0696 e. The quantitative estimate of drug-likeness (QED) is 0.415. The lowest BCUT2D eigenvalue weighted by molar-refractivity contribution is 0.334. The van der Waals surface area contributed by atoms with Crippen LogP contribution in [0, 0.1) is 0 Å². The molecule has 0 heterocycles. The summed E-state index contributed by atoms with van der Waals surface area (Å²) in [6.07, 6.45) is 4.18. The van der Waals surface area contributed by atoms with Gasteiger partial charge in [0.15, 0.2) is 0 Å². The normalized spacial score (nSPS) is 12.9. The predicted octanol–water partition coefficient (Wildman–Crippen LogP) is -0.706. The van der Waals surface area contributed by atoms with Crippen LogP contribution in [-0.2, 0) is 0 Å². The average Bonchev–Trinajstić information content (AvgIpc) is 1.83. The van der Waals surface area contributed by atoms with E-state index in [0.29, 0.717) is 5.57 Å². The zero-order chi connectivity index (χ0) is 6.41. The Morgan fingerprint density at radius 1 is 1.50 bits per heavy atom. The van der Waals surface area contributed by atoms with Crippen molar-refractivity contribution in [2.24, 2.45) is 11.5 Å². The third-order valence-corrected chi connectivity index (χ3v) is 0.707. The van der Waals surface area contributed by atoms with Crippen LogP contribution >= 0.6 is 0 Å². The molecule has 0 bridgehead atoms. The zero-order valence-electron chi connectivity index (χ0n) is 4.54. The Labute approximate surface area is 48.3 Å². The van der Waals surface area contributed by atoms with Gasteiger partial charge in [-0.1, -0.05) is 0 Å². The minimum atomic E-state index is -0.0653. The van der Waals surface area contributed by atoms with Gasteiger partial charge in [0.2, 0.25) is 0 Å². The fourth-order valence-electron chi connectivity index (χ4n) is 0.285. The van der Waals surface area contributed by atoms with Gasteiger partial charge in [0.05, 0.1) is 6.61 Å². The van der Waals surface area contributed by atoms with E-state index in [1.54, 1.807) is 6.08 Å². The highest BCUT2D eigenvalue weighted by Gasteiger charge is 1.81. The SMILES string of the molecule is N/C=C\C(=C/N)CO. The summed E-state index contributed by atoms with van der Waals surface area (Å²) in [5, 5.41) is 8.40.